The van der Waals surface area contributed by atoms with Crippen LogP contribution >= 0.6 is 0 Å². The molecule has 3 rings (SSSR count). The Hall–Kier alpha value is -0.120. The minimum Gasteiger partial charge on any atom is -0.396 e. The third-order valence-corrected chi connectivity index (χ3v) is 8.21. The number of ether oxygens (including phenoxy) is 1. The van der Waals surface area contributed by atoms with Gasteiger partial charge in [0.25, 0.3) is 0 Å². The van der Waals surface area contributed by atoms with Crippen LogP contribution in [-0.2, 0) is 4.74 Å². The second-order valence-corrected chi connectivity index (χ2v) is 9.74. The van der Waals surface area contributed by atoms with E-state index in [4.69, 9.17) is 4.74 Å². The predicted octanol–water partition coefficient (Wildman–Crippen LogP) is 3.91. The lowest BCUT2D eigenvalue weighted by atomic mass is 9.44. The molecule has 0 amide bonds. The quantitative estimate of drug-likeness (QED) is 0.809. The highest BCUT2D eigenvalue weighted by atomic mass is 16.5. The van der Waals surface area contributed by atoms with Crippen molar-refractivity contribution in [1.29, 1.82) is 0 Å². The lowest BCUT2D eigenvalue weighted by Crippen LogP contribution is -2.65. The molecule has 0 aromatic rings. The highest BCUT2D eigenvalue weighted by molar-refractivity contribution is 5.16. The molecule has 0 unspecified atom stereocenters. The van der Waals surface area contributed by atoms with Gasteiger partial charge in [0.15, 0.2) is 0 Å². The molecule has 134 valence electrons. The van der Waals surface area contributed by atoms with Gasteiger partial charge in [-0.15, -0.1) is 0 Å². The monoisotopic (exact) mass is 324 g/mol. The zero-order chi connectivity index (χ0) is 17.1. The van der Waals surface area contributed by atoms with Crippen LogP contribution in [0.4, 0.5) is 0 Å². The molecule has 0 aromatic carbocycles. The average Bonchev–Trinajstić information content (AvgIpc) is 2.81. The first-order valence-electron chi connectivity index (χ1n) is 9.60. The Morgan fingerprint density at radius 3 is 2.35 bits per heavy atom. The summed E-state index contributed by atoms with van der Waals surface area (Å²) in [6.45, 7) is 11.7. The number of rotatable bonds is 2. The molecule has 1 aliphatic heterocycles. The molecule has 3 fully saturated rings. The van der Waals surface area contributed by atoms with Crippen molar-refractivity contribution in [2.45, 2.75) is 96.9 Å². The Bertz CT molecular complexity index is 462. The molecule has 2 saturated carbocycles. The fraction of sp³-hybridized carbons (Fsp3) is 1.00. The Morgan fingerprint density at radius 1 is 1.00 bits per heavy atom. The van der Waals surface area contributed by atoms with Gasteiger partial charge in [0.2, 0.25) is 0 Å². The van der Waals surface area contributed by atoms with Gasteiger partial charge in [-0.25, -0.2) is 0 Å². The Balaban J connectivity index is 1.99. The maximum atomic E-state index is 10.6. The van der Waals surface area contributed by atoms with E-state index in [1.807, 2.05) is 0 Å². The molecule has 6 atom stereocenters. The Kier molecular flexibility index (Phi) is 4.18. The Labute approximate surface area is 141 Å². The summed E-state index contributed by atoms with van der Waals surface area (Å²) in [6.07, 6.45) is 7.00. The lowest BCUT2D eigenvalue weighted by molar-refractivity contribution is -0.259. The third kappa shape index (κ3) is 2.33. The maximum Gasteiger partial charge on any atom is 0.0772 e. The highest BCUT2D eigenvalue weighted by Crippen LogP contribution is 2.67. The second kappa shape index (κ2) is 5.44. The zero-order valence-electron chi connectivity index (χ0n) is 15.7. The van der Waals surface area contributed by atoms with Crippen LogP contribution in [0, 0.1) is 22.7 Å². The summed E-state index contributed by atoms with van der Waals surface area (Å²) in [6, 6.07) is 0. The van der Waals surface area contributed by atoms with E-state index >= 15 is 0 Å². The van der Waals surface area contributed by atoms with Crippen molar-refractivity contribution < 1.29 is 14.9 Å². The maximum absolute atomic E-state index is 10.6. The number of aliphatic hydroxyl groups is 2. The van der Waals surface area contributed by atoms with Crippen molar-refractivity contribution in [3.63, 3.8) is 0 Å². The summed E-state index contributed by atoms with van der Waals surface area (Å²) in [4.78, 5) is 0. The molecule has 1 saturated heterocycles. The van der Waals surface area contributed by atoms with Crippen LogP contribution in [0.1, 0.15) is 79.6 Å². The molecule has 3 nitrogen and oxygen atoms in total. The van der Waals surface area contributed by atoms with Gasteiger partial charge >= 0.3 is 0 Å². The van der Waals surface area contributed by atoms with Crippen molar-refractivity contribution in [3.05, 3.63) is 0 Å². The molecular weight excluding hydrogens is 288 g/mol. The van der Waals surface area contributed by atoms with Gasteiger partial charge in [-0.1, -0.05) is 27.7 Å². The third-order valence-electron chi connectivity index (χ3n) is 8.21. The predicted molar refractivity (Wildman–Crippen MR) is 92.2 cm³/mol. The van der Waals surface area contributed by atoms with E-state index in [0.29, 0.717) is 11.8 Å². The first-order chi connectivity index (χ1) is 10.6. The number of hydrogen-bond donors (Lipinski definition) is 2. The van der Waals surface area contributed by atoms with Gasteiger partial charge in [0.05, 0.1) is 17.3 Å². The minimum absolute atomic E-state index is 0.0422. The van der Waals surface area contributed by atoms with Crippen LogP contribution in [-0.4, -0.2) is 34.1 Å². The molecule has 23 heavy (non-hydrogen) atoms. The highest BCUT2D eigenvalue weighted by Gasteiger charge is 2.67. The molecule has 0 bridgehead atoms. The van der Waals surface area contributed by atoms with Gasteiger partial charge in [-0.05, 0) is 69.1 Å². The number of aliphatic hydroxyl groups excluding tert-OH is 2. The second-order valence-electron chi connectivity index (χ2n) is 9.74. The van der Waals surface area contributed by atoms with E-state index in [1.165, 1.54) is 12.8 Å². The standard InChI is InChI=1S/C20H36O3/c1-14-6-7-15-17(2,3)16(22)8-9-19(15,5)20(14)11-10-18(4,23-20)12-13-21/h14-16,21-22H,6-13H2,1-5H3/t14-,15-,16-,18-,19+,20+/m0/s1. The number of hydrogen-bond acceptors (Lipinski definition) is 3. The SMILES string of the molecule is C[C@H]1CC[C@H]2C(C)(C)[C@@H](O)CC[C@@]2(C)[C@@]12CC[C@@](C)(CCO)O2. The van der Waals surface area contributed by atoms with E-state index in [1.54, 1.807) is 0 Å². The summed E-state index contributed by atoms with van der Waals surface area (Å²) in [5.74, 6) is 1.06. The van der Waals surface area contributed by atoms with E-state index in [0.717, 1.165) is 32.1 Å². The fourth-order valence-corrected chi connectivity index (χ4v) is 6.60. The van der Waals surface area contributed by atoms with Crippen LogP contribution in [0.15, 0.2) is 0 Å². The summed E-state index contributed by atoms with van der Waals surface area (Å²) >= 11 is 0. The van der Waals surface area contributed by atoms with Crippen LogP contribution in [0.2, 0.25) is 0 Å². The van der Waals surface area contributed by atoms with E-state index in [-0.39, 0.29) is 34.7 Å². The van der Waals surface area contributed by atoms with E-state index in [2.05, 4.69) is 34.6 Å². The van der Waals surface area contributed by atoms with Crippen molar-refractivity contribution in [3.8, 4) is 0 Å². The first kappa shape index (κ1) is 17.7. The number of fused-ring (bicyclic) bond motifs is 2. The molecule has 3 aliphatic rings. The van der Waals surface area contributed by atoms with Crippen LogP contribution < -0.4 is 0 Å². The minimum atomic E-state index is -0.198. The molecule has 2 aliphatic carbocycles. The summed E-state index contributed by atoms with van der Waals surface area (Å²) in [5.41, 5.74) is -0.189. The normalized spacial score (nSPS) is 52.6. The van der Waals surface area contributed by atoms with Crippen molar-refractivity contribution >= 4 is 0 Å². The van der Waals surface area contributed by atoms with Crippen LogP contribution in [0.5, 0.6) is 0 Å². The van der Waals surface area contributed by atoms with Gasteiger partial charge in [-0.3, -0.25) is 0 Å². The summed E-state index contributed by atoms with van der Waals surface area (Å²) < 4.78 is 6.89. The van der Waals surface area contributed by atoms with Crippen LogP contribution in [0.25, 0.3) is 0 Å². The largest absolute Gasteiger partial charge is 0.396 e. The molecule has 2 N–H and O–H groups in total. The molecular formula is C20H36O3. The van der Waals surface area contributed by atoms with Gasteiger partial charge < -0.3 is 14.9 Å². The fourth-order valence-electron chi connectivity index (χ4n) is 6.60. The van der Waals surface area contributed by atoms with E-state index < -0.39 is 0 Å². The van der Waals surface area contributed by atoms with Crippen molar-refractivity contribution in [2.24, 2.45) is 22.7 Å². The molecule has 1 spiro atoms. The molecule has 3 heteroatoms. The summed E-state index contributed by atoms with van der Waals surface area (Å²) in [5, 5.41) is 20.0. The first-order valence-corrected chi connectivity index (χ1v) is 9.60. The topological polar surface area (TPSA) is 49.7 Å². The molecule has 0 radical (unpaired) electrons. The van der Waals surface area contributed by atoms with Crippen molar-refractivity contribution in [2.75, 3.05) is 6.61 Å². The summed E-state index contributed by atoms with van der Waals surface area (Å²) in [7, 11) is 0. The van der Waals surface area contributed by atoms with E-state index in [9.17, 15) is 10.2 Å². The lowest BCUT2D eigenvalue weighted by Gasteiger charge is -2.64. The van der Waals surface area contributed by atoms with Crippen molar-refractivity contribution in [1.82, 2.24) is 0 Å². The average molecular weight is 325 g/mol. The van der Waals surface area contributed by atoms with Gasteiger partial charge in [-0.2, -0.15) is 0 Å². The Morgan fingerprint density at radius 2 is 1.70 bits per heavy atom. The molecule has 1 heterocycles. The molecule has 0 aromatic heterocycles. The smallest absolute Gasteiger partial charge is 0.0772 e. The van der Waals surface area contributed by atoms with Crippen LogP contribution in [0.3, 0.4) is 0 Å². The zero-order valence-corrected chi connectivity index (χ0v) is 15.7. The van der Waals surface area contributed by atoms with Gasteiger partial charge in [0, 0.05) is 12.0 Å². The van der Waals surface area contributed by atoms with Gasteiger partial charge in [0.1, 0.15) is 0 Å².